The summed E-state index contributed by atoms with van der Waals surface area (Å²) in [6.07, 6.45) is 5.16. The number of rotatable bonds is 7. The minimum Gasteiger partial charge on any atom is -0.469 e. The lowest BCUT2D eigenvalue weighted by atomic mass is 10.1. The van der Waals surface area contributed by atoms with E-state index >= 15 is 0 Å². The zero-order chi connectivity index (χ0) is 13.6. The van der Waals surface area contributed by atoms with Crippen LogP contribution in [0.15, 0.2) is 0 Å². The van der Waals surface area contributed by atoms with Gasteiger partial charge in [0.15, 0.2) is 0 Å². The standard InChI is InChI=1S/C12H23NO4S/c1-13(10-11-6-3-4-7-11)18(15,16)9-5-8-12(14)17-2/h11H,3-10H2,1-2H3. The van der Waals surface area contributed by atoms with Crippen LogP contribution >= 0.6 is 0 Å². The highest BCUT2D eigenvalue weighted by Gasteiger charge is 2.23. The Bertz CT molecular complexity index is 360. The third kappa shape index (κ3) is 4.94. The molecule has 0 aromatic carbocycles. The molecule has 1 aliphatic carbocycles. The summed E-state index contributed by atoms with van der Waals surface area (Å²) in [6, 6.07) is 0. The van der Waals surface area contributed by atoms with Gasteiger partial charge >= 0.3 is 5.97 Å². The van der Waals surface area contributed by atoms with Crippen LogP contribution < -0.4 is 0 Å². The number of ether oxygens (including phenoxy) is 1. The van der Waals surface area contributed by atoms with Crippen molar-refractivity contribution in [2.75, 3.05) is 26.5 Å². The van der Waals surface area contributed by atoms with Gasteiger partial charge in [0.1, 0.15) is 0 Å². The van der Waals surface area contributed by atoms with E-state index in [1.165, 1.54) is 24.3 Å². The van der Waals surface area contributed by atoms with Gasteiger partial charge in [0, 0.05) is 20.0 Å². The van der Waals surface area contributed by atoms with Gasteiger partial charge in [-0.15, -0.1) is 0 Å². The van der Waals surface area contributed by atoms with E-state index in [0.717, 1.165) is 12.8 Å². The Morgan fingerprint density at radius 3 is 2.50 bits per heavy atom. The molecule has 1 fully saturated rings. The molecule has 0 aliphatic heterocycles. The fourth-order valence-electron chi connectivity index (χ4n) is 2.33. The van der Waals surface area contributed by atoms with E-state index in [2.05, 4.69) is 4.74 Å². The maximum atomic E-state index is 12.0. The molecular formula is C12H23NO4S. The number of hydrogen-bond donors (Lipinski definition) is 0. The summed E-state index contributed by atoms with van der Waals surface area (Å²) in [6.45, 7) is 0.612. The predicted octanol–water partition coefficient (Wildman–Crippen LogP) is 1.39. The Balaban J connectivity index is 2.34. The van der Waals surface area contributed by atoms with Crippen LogP contribution in [0.5, 0.6) is 0 Å². The molecule has 0 amide bonds. The molecule has 0 atom stereocenters. The van der Waals surface area contributed by atoms with E-state index in [-0.39, 0.29) is 18.1 Å². The summed E-state index contributed by atoms with van der Waals surface area (Å²) in [5.74, 6) is 0.166. The molecule has 1 aliphatic rings. The summed E-state index contributed by atoms with van der Waals surface area (Å²) < 4.78 is 29.9. The van der Waals surface area contributed by atoms with Crippen molar-refractivity contribution in [1.82, 2.24) is 4.31 Å². The molecule has 106 valence electrons. The number of carbonyl (C=O) groups is 1. The summed E-state index contributed by atoms with van der Waals surface area (Å²) in [5.41, 5.74) is 0. The number of esters is 1. The van der Waals surface area contributed by atoms with Crippen molar-refractivity contribution in [2.24, 2.45) is 5.92 Å². The number of hydrogen-bond acceptors (Lipinski definition) is 4. The van der Waals surface area contributed by atoms with Crippen LogP contribution in [0.2, 0.25) is 0 Å². The Hall–Kier alpha value is -0.620. The summed E-state index contributed by atoms with van der Waals surface area (Å²) in [5, 5.41) is 0. The maximum Gasteiger partial charge on any atom is 0.305 e. The van der Waals surface area contributed by atoms with Crippen molar-refractivity contribution in [3.8, 4) is 0 Å². The van der Waals surface area contributed by atoms with Crippen LogP contribution in [-0.4, -0.2) is 45.1 Å². The highest BCUT2D eigenvalue weighted by Crippen LogP contribution is 2.25. The van der Waals surface area contributed by atoms with Gasteiger partial charge in [-0.3, -0.25) is 4.79 Å². The molecule has 1 saturated carbocycles. The molecule has 0 unspecified atom stereocenters. The molecule has 0 heterocycles. The summed E-state index contributed by atoms with van der Waals surface area (Å²) in [4.78, 5) is 10.9. The lowest BCUT2D eigenvalue weighted by Gasteiger charge is -2.20. The van der Waals surface area contributed by atoms with E-state index in [4.69, 9.17) is 0 Å². The Morgan fingerprint density at radius 1 is 1.33 bits per heavy atom. The largest absolute Gasteiger partial charge is 0.469 e. The van der Waals surface area contributed by atoms with Crippen molar-refractivity contribution >= 4 is 16.0 Å². The van der Waals surface area contributed by atoms with E-state index < -0.39 is 10.0 Å². The second-order valence-corrected chi connectivity index (χ2v) is 7.12. The van der Waals surface area contributed by atoms with Gasteiger partial charge in [-0.25, -0.2) is 12.7 Å². The molecule has 1 rings (SSSR count). The van der Waals surface area contributed by atoms with Crippen LogP contribution in [0.1, 0.15) is 38.5 Å². The van der Waals surface area contributed by atoms with Gasteiger partial charge in [-0.1, -0.05) is 12.8 Å². The molecule has 0 bridgehead atoms. The van der Waals surface area contributed by atoms with Gasteiger partial charge in [0.05, 0.1) is 12.9 Å². The first-order valence-corrected chi connectivity index (χ1v) is 8.07. The van der Waals surface area contributed by atoms with Crippen molar-refractivity contribution < 1.29 is 17.9 Å². The van der Waals surface area contributed by atoms with Gasteiger partial charge in [-0.05, 0) is 25.2 Å². The highest BCUT2D eigenvalue weighted by molar-refractivity contribution is 7.89. The van der Waals surface area contributed by atoms with E-state index in [0.29, 0.717) is 18.9 Å². The number of carbonyl (C=O) groups excluding carboxylic acids is 1. The van der Waals surface area contributed by atoms with E-state index in [9.17, 15) is 13.2 Å². The average Bonchev–Trinajstić information content (AvgIpc) is 2.81. The molecular weight excluding hydrogens is 254 g/mol. The molecule has 18 heavy (non-hydrogen) atoms. The zero-order valence-corrected chi connectivity index (χ0v) is 12.0. The van der Waals surface area contributed by atoms with Crippen LogP contribution in [0.25, 0.3) is 0 Å². The monoisotopic (exact) mass is 277 g/mol. The fourth-order valence-corrected chi connectivity index (χ4v) is 3.59. The van der Waals surface area contributed by atoms with Gasteiger partial charge in [0.25, 0.3) is 0 Å². The SMILES string of the molecule is COC(=O)CCCS(=O)(=O)N(C)CC1CCCC1. The summed E-state index contributed by atoms with van der Waals surface area (Å²) in [7, 11) is -0.287. The first kappa shape index (κ1) is 15.4. The topological polar surface area (TPSA) is 63.7 Å². The Kier molecular flexibility index (Phi) is 6.08. The normalized spacial score (nSPS) is 17.3. The van der Waals surface area contributed by atoms with Gasteiger partial charge in [0.2, 0.25) is 10.0 Å². The van der Waals surface area contributed by atoms with Crippen molar-refractivity contribution in [2.45, 2.75) is 38.5 Å². The predicted molar refractivity (Wildman–Crippen MR) is 69.6 cm³/mol. The second-order valence-electron chi connectivity index (χ2n) is 4.93. The number of sulfonamides is 1. The van der Waals surface area contributed by atoms with E-state index in [1.54, 1.807) is 7.05 Å². The fraction of sp³-hybridized carbons (Fsp3) is 0.917. The molecule has 0 aromatic rings. The molecule has 0 radical (unpaired) electrons. The summed E-state index contributed by atoms with van der Waals surface area (Å²) >= 11 is 0. The van der Waals surface area contributed by atoms with Crippen LogP contribution in [0.3, 0.4) is 0 Å². The first-order chi connectivity index (χ1) is 8.45. The third-order valence-electron chi connectivity index (χ3n) is 3.48. The molecule has 5 nitrogen and oxygen atoms in total. The Labute approximate surface area is 110 Å². The van der Waals surface area contributed by atoms with Gasteiger partial charge < -0.3 is 4.74 Å². The smallest absolute Gasteiger partial charge is 0.305 e. The lowest BCUT2D eigenvalue weighted by molar-refractivity contribution is -0.140. The Morgan fingerprint density at radius 2 is 1.94 bits per heavy atom. The maximum absolute atomic E-state index is 12.0. The molecule has 0 N–H and O–H groups in total. The number of nitrogens with zero attached hydrogens (tertiary/aromatic N) is 1. The van der Waals surface area contributed by atoms with Crippen molar-refractivity contribution in [3.05, 3.63) is 0 Å². The lowest BCUT2D eigenvalue weighted by Crippen LogP contribution is -2.33. The quantitative estimate of drug-likeness (QED) is 0.660. The van der Waals surface area contributed by atoms with E-state index in [1.807, 2.05) is 0 Å². The van der Waals surface area contributed by atoms with Crippen LogP contribution in [0.4, 0.5) is 0 Å². The molecule has 0 spiro atoms. The third-order valence-corrected chi connectivity index (χ3v) is 5.38. The van der Waals surface area contributed by atoms with Crippen LogP contribution in [0, 0.1) is 5.92 Å². The molecule has 0 saturated heterocycles. The zero-order valence-electron chi connectivity index (χ0n) is 11.2. The number of methoxy groups -OCH3 is 1. The van der Waals surface area contributed by atoms with Crippen molar-refractivity contribution in [3.63, 3.8) is 0 Å². The molecule has 0 aromatic heterocycles. The minimum atomic E-state index is -3.23. The van der Waals surface area contributed by atoms with Crippen molar-refractivity contribution in [1.29, 1.82) is 0 Å². The molecule has 6 heteroatoms. The minimum absolute atomic E-state index is 0.0192. The first-order valence-electron chi connectivity index (χ1n) is 6.46. The average molecular weight is 277 g/mol. The highest BCUT2D eigenvalue weighted by atomic mass is 32.2. The van der Waals surface area contributed by atoms with Crippen LogP contribution in [-0.2, 0) is 19.6 Å². The second kappa shape index (κ2) is 7.09. The van der Waals surface area contributed by atoms with Gasteiger partial charge in [-0.2, -0.15) is 0 Å².